The first kappa shape index (κ1) is 14.7. The maximum absolute atomic E-state index is 11.2. The van der Waals surface area contributed by atoms with Crippen LogP contribution in [0.3, 0.4) is 0 Å². The number of hydrogen-bond donors (Lipinski definition) is 1. The van der Waals surface area contributed by atoms with Crippen LogP contribution in [0.1, 0.15) is 29.6 Å². The second kappa shape index (κ2) is 5.63. The minimum absolute atomic E-state index is 0.0501. The van der Waals surface area contributed by atoms with Gasteiger partial charge in [-0.15, -0.1) is 0 Å². The van der Waals surface area contributed by atoms with Crippen LogP contribution >= 0.6 is 0 Å². The van der Waals surface area contributed by atoms with E-state index in [0.29, 0.717) is 11.7 Å². The van der Waals surface area contributed by atoms with Crippen molar-refractivity contribution in [1.29, 1.82) is 0 Å². The Morgan fingerprint density at radius 1 is 1.38 bits per heavy atom. The van der Waals surface area contributed by atoms with E-state index >= 15 is 0 Å². The fourth-order valence-corrected chi connectivity index (χ4v) is 3.77. The molecule has 0 bridgehead atoms. The molecule has 2 aromatic rings. The van der Waals surface area contributed by atoms with Gasteiger partial charge in [0.2, 0.25) is 0 Å². The monoisotopic (exact) mass is 323 g/mol. The molecule has 0 amide bonds. The van der Waals surface area contributed by atoms with Crippen LogP contribution in [0, 0.1) is 16.0 Å². The number of methoxy groups -OCH3 is 1. The standard InChI is InChI=1S/C18H17N3O3/c1-24-16-10-11(21(22)23)9-14-12-5-4-6-13(12)17(20-18(14)16)15-7-2-3-8-19-15/h2-5,7-10,12-13,17,20H,6H2,1H3/t12?,13?,17-/m0/s1. The van der Waals surface area contributed by atoms with Gasteiger partial charge >= 0.3 is 0 Å². The number of fused-ring (bicyclic) bond motifs is 3. The number of non-ortho nitro benzene ring substituents is 1. The Bertz CT molecular complexity index is 820. The fraction of sp³-hybridized carbons (Fsp3) is 0.278. The summed E-state index contributed by atoms with van der Waals surface area (Å²) in [4.78, 5) is 15.4. The molecule has 2 unspecified atom stereocenters. The lowest BCUT2D eigenvalue weighted by Gasteiger charge is -2.37. The van der Waals surface area contributed by atoms with Crippen LogP contribution < -0.4 is 10.1 Å². The molecular weight excluding hydrogens is 306 g/mol. The molecular formula is C18H17N3O3. The van der Waals surface area contributed by atoms with Gasteiger partial charge in [0.15, 0.2) is 0 Å². The summed E-state index contributed by atoms with van der Waals surface area (Å²) in [5.74, 6) is 0.917. The average Bonchev–Trinajstić information content (AvgIpc) is 3.10. The number of aromatic nitrogens is 1. The van der Waals surface area contributed by atoms with Gasteiger partial charge in [0.25, 0.3) is 5.69 Å². The van der Waals surface area contributed by atoms with Crippen LogP contribution in [0.4, 0.5) is 11.4 Å². The number of allylic oxidation sites excluding steroid dienone is 2. The van der Waals surface area contributed by atoms with E-state index in [1.165, 1.54) is 13.2 Å². The summed E-state index contributed by atoms with van der Waals surface area (Å²) in [7, 11) is 1.54. The van der Waals surface area contributed by atoms with Crippen molar-refractivity contribution in [2.45, 2.75) is 18.4 Å². The van der Waals surface area contributed by atoms with Crippen molar-refractivity contribution in [3.63, 3.8) is 0 Å². The smallest absolute Gasteiger partial charge is 0.273 e. The first-order valence-electron chi connectivity index (χ1n) is 7.89. The first-order chi connectivity index (χ1) is 11.7. The maximum atomic E-state index is 11.2. The number of benzene rings is 1. The summed E-state index contributed by atoms with van der Waals surface area (Å²) in [5.41, 5.74) is 2.78. The van der Waals surface area contributed by atoms with Crippen LogP contribution in [-0.4, -0.2) is 17.0 Å². The third-order valence-corrected chi connectivity index (χ3v) is 4.85. The summed E-state index contributed by atoms with van der Waals surface area (Å²) in [6, 6.07) is 9.07. The second-order valence-electron chi connectivity index (χ2n) is 6.10. The largest absolute Gasteiger partial charge is 0.494 e. The van der Waals surface area contributed by atoms with Crippen molar-refractivity contribution < 1.29 is 9.66 Å². The van der Waals surface area contributed by atoms with Gasteiger partial charge in [-0.25, -0.2) is 0 Å². The number of nitro groups is 1. The number of nitrogens with one attached hydrogen (secondary N) is 1. The van der Waals surface area contributed by atoms with Crippen molar-refractivity contribution in [3.05, 3.63) is 70.1 Å². The summed E-state index contributed by atoms with van der Waals surface area (Å²) >= 11 is 0. The molecule has 2 aliphatic rings. The Balaban J connectivity index is 1.86. The molecule has 0 saturated carbocycles. The molecule has 2 heterocycles. The Labute approximate surface area is 139 Å². The number of ether oxygens (including phenoxy) is 1. The zero-order valence-electron chi connectivity index (χ0n) is 13.2. The van der Waals surface area contributed by atoms with Gasteiger partial charge < -0.3 is 10.1 Å². The van der Waals surface area contributed by atoms with Gasteiger partial charge in [0.05, 0.1) is 35.5 Å². The van der Waals surface area contributed by atoms with Crippen molar-refractivity contribution in [3.8, 4) is 5.75 Å². The van der Waals surface area contributed by atoms with E-state index in [4.69, 9.17) is 4.74 Å². The van der Waals surface area contributed by atoms with E-state index in [1.54, 1.807) is 12.3 Å². The minimum Gasteiger partial charge on any atom is -0.494 e. The van der Waals surface area contributed by atoms with Gasteiger partial charge in [0, 0.05) is 18.2 Å². The van der Waals surface area contributed by atoms with E-state index in [2.05, 4.69) is 22.5 Å². The van der Waals surface area contributed by atoms with Crippen molar-refractivity contribution in [2.75, 3.05) is 12.4 Å². The highest BCUT2D eigenvalue weighted by Crippen LogP contribution is 2.52. The third-order valence-electron chi connectivity index (χ3n) is 4.85. The molecule has 24 heavy (non-hydrogen) atoms. The lowest BCUT2D eigenvalue weighted by molar-refractivity contribution is -0.385. The molecule has 122 valence electrons. The quantitative estimate of drug-likeness (QED) is 0.528. The number of rotatable bonds is 3. The molecule has 1 aromatic heterocycles. The van der Waals surface area contributed by atoms with Gasteiger partial charge in [-0.2, -0.15) is 0 Å². The SMILES string of the molecule is COc1cc([N+](=O)[O-])cc2c1N[C@H](c1ccccn1)C1CC=CC21. The number of hydrogen-bond acceptors (Lipinski definition) is 5. The highest BCUT2D eigenvalue weighted by Gasteiger charge is 2.40. The molecule has 1 aromatic carbocycles. The van der Waals surface area contributed by atoms with Crippen LogP contribution in [0.25, 0.3) is 0 Å². The van der Waals surface area contributed by atoms with Crippen molar-refractivity contribution >= 4 is 11.4 Å². The molecule has 0 radical (unpaired) electrons. The van der Waals surface area contributed by atoms with Gasteiger partial charge in [-0.3, -0.25) is 15.1 Å². The first-order valence-corrected chi connectivity index (χ1v) is 7.89. The average molecular weight is 323 g/mol. The van der Waals surface area contributed by atoms with Gasteiger partial charge in [-0.1, -0.05) is 18.2 Å². The highest BCUT2D eigenvalue weighted by atomic mass is 16.6. The summed E-state index contributed by atoms with van der Waals surface area (Å²) in [5, 5.41) is 14.8. The topological polar surface area (TPSA) is 77.3 Å². The predicted octanol–water partition coefficient (Wildman–Crippen LogP) is 3.82. The molecule has 3 atom stereocenters. The molecule has 6 nitrogen and oxygen atoms in total. The number of nitro benzene ring substituents is 1. The molecule has 1 aliphatic carbocycles. The molecule has 0 saturated heterocycles. The Kier molecular flexibility index (Phi) is 3.45. The number of pyridine rings is 1. The Morgan fingerprint density at radius 2 is 2.25 bits per heavy atom. The van der Waals surface area contributed by atoms with Gasteiger partial charge in [-0.05, 0) is 30.0 Å². The molecule has 0 fully saturated rings. The number of anilines is 1. The fourth-order valence-electron chi connectivity index (χ4n) is 3.77. The summed E-state index contributed by atoms with van der Waals surface area (Å²) in [6.07, 6.45) is 7.00. The molecule has 4 rings (SSSR count). The summed E-state index contributed by atoms with van der Waals surface area (Å²) < 4.78 is 5.42. The normalized spacial score (nSPS) is 24.0. The zero-order valence-corrected chi connectivity index (χ0v) is 13.2. The van der Waals surface area contributed by atoms with E-state index in [1.807, 2.05) is 18.2 Å². The Morgan fingerprint density at radius 3 is 2.96 bits per heavy atom. The van der Waals surface area contributed by atoms with E-state index in [0.717, 1.165) is 23.4 Å². The van der Waals surface area contributed by atoms with E-state index in [-0.39, 0.29) is 22.6 Å². The maximum Gasteiger partial charge on any atom is 0.273 e. The molecule has 1 N–H and O–H groups in total. The second-order valence-corrected chi connectivity index (χ2v) is 6.10. The molecule has 6 heteroatoms. The number of nitrogens with zero attached hydrogens (tertiary/aromatic N) is 2. The lowest BCUT2D eigenvalue weighted by atomic mass is 9.78. The summed E-state index contributed by atoms with van der Waals surface area (Å²) in [6.45, 7) is 0. The van der Waals surface area contributed by atoms with Crippen LogP contribution in [0.5, 0.6) is 5.75 Å². The predicted molar refractivity (Wildman–Crippen MR) is 90.2 cm³/mol. The Hall–Kier alpha value is -2.89. The van der Waals surface area contributed by atoms with E-state index < -0.39 is 0 Å². The highest BCUT2D eigenvalue weighted by molar-refractivity contribution is 5.70. The lowest BCUT2D eigenvalue weighted by Crippen LogP contribution is -2.30. The van der Waals surface area contributed by atoms with Crippen LogP contribution in [-0.2, 0) is 0 Å². The molecule has 1 aliphatic heterocycles. The minimum atomic E-state index is -0.374. The van der Waals surface area contributed by atoms with Crippen molar-refractivity contribution in [2.24, 2.45) is 5.92 Å². The van der Waals surface area contributed by atoms with Crippen molar-refractivity contribution in [1.82, 2.24) is 4.98 Å². The molecule has 0 spiro atoms. The van der Waals surface area contributed by atoms with Crippen LogP contribution in [0.2, 0.25) is 0 Å². The third kappa shape index (κ3) is 2.22. The van der Waals surface area contributed by atoms with Gasteiger partial charge in [0.1, 0.15) is 5.75 Å². The van der Waals surface area contributed by atoms with Crippen LogP contribution in [0.15, 0.2) is 48.7 Å². The van der Waals surface area contributed by atoms with E-state index in [9.17, 15) is 10.1 Å². The zero-order chi connectivity index (χ0) is 16.7.